The summed E-state index contributed by atoms with van der Waals surface area (Å²) in [5, 5.41) is 0. The Kier molecular flexibility index (Phi) is 4.39. The molecule has 1 unspecified atom stereocenters. The third-order valence-corrected chi connectivity index (χ3v) is 2.62. The van der Waals surface area contributed by atoms with Crippen LogP contribution in [-0.4, -0.2) is 0 Å². The fourth-order valence-electron chi connectivity index (χ4n) is 1.87. The minimum atomic E-state index is -4.23. The van der Waals surface area contributed by atoms with E-state index >= 15 is 0 Å². The molecule has 3 heteroatoms. The van der Waals surface area contributed by atoms with E-state index in [9.17, 15) is 13.2 Å². The third kappa shape index (κ3) is 3.87. The predicted octanol–water partition coefficient (Wildman–Crippen LogP) is 4.68. The van der Waals surface area contributed by atoms with Crippen LogP contribution in [0.2, 0.25) is 0 Å². The molecule has 0 aromatic heterocycles. The van der Waals surface area contributed by atoms with E-state index in [4.69, 9.17) is 0 Å². The van der Waals surface area contributed by atoms with Crippen molar-refractivity contribution in [2.24, 2.45) is 5.92 Å². The standard InChI is InChI=1S/C13H17F3/c1-3-5-10(2)8-11-6-4-7-12(9-11)13(14,15)16/h4,6-7,9-10H,3,5,8H2,1-2H3. The molecule has 0 aliphatic heterocycles. The highest BCUT2D eigenvalue weighted by Crippen LogP contribution is 2.30. The van der Waals surface area contributed by atoms with E-state index in [0.717, 1.165) is 30.9 Å². The second-order valence-electron chi connectivity index (χ2n) is 4.30. The maximum absolute atomic E-state index is 12.5. The largest absolute Gasteiger partial charge is 0.416 e. The van der Waals surface area contributed by atoms with Crippen molar-refractivity contribution < 1.29 is 13.2 Å². The molecule has 0 amide bonds. The second-order valence-corrected chi connectivity index (χ2v) is 4.30. The summed E-state index contributed by atoms with van der Waals surface area (Å²) in [4.78, 5) is 0. The Morgan fingerprint density at radius 2 is 1.94 bits per heavy atom. The van der Waals surface area contributed by atoms with Gasteiger partial charge in [0.15, 0.2) is 0 Å². The van der Waals surface area contributed by atoms with E-state index in [1.165, 1.54) is 12.1 Å². The summed E-state index contributed by atoms with van der Waals surface area (Å²) in [5.74, 6) is 0.438. The van der Waals surface area contributed by atoms with Crippen molar-refractivity contribution in [3.63, 3.8) is 0 Å². The number of hydrogen-bond donors (Lipinski definition) is 0. The lowest BCUT2D eigenvalue weighted by Gasteiger charge is -2.12. The van der Waals surface area contributed by atoms with E-state index in [-0.39, 0.29) is 0 Å². The molecule has 0 aliphatic carbocycles. The molecule has 0 aliphatic rings. The molecule has 0 saturated carbocycles. The van der Waals surface area contributed by atoms with Crippen LogP contribution in [0.15, 0.2) is 24.3 Å². The molecular weight excluding hydrogens is 213 g/mol. The molecule has 0 fully saturated rings. The molecule has 1 aromatic rings. The number of rotatable bonds is 4. The van der Waals surface area contributed by atoms with Crippen LogP contribution >= 0.6 is 0 Å². The molecule has 0 heterocycles. The summed E-state index contributed by atoms with van der Waals surface area (Å²) in [6.45, 7) is 4.16. The monoisotopic (exact) mass is 230 g/mol. The topological polar surface area (TPSA) is 0 Å². The fraction of sp³-hybridized carbons (Fsp3) is 0.538. The highest BCUT2D eigenvalue weighted by molar-refractivity contribution is 5.25. The van der Waals surface area contributed by atoms with Gasteiger partial charge >= 0.3 is 6.18 Å². The van der Waals surface area contributed by atoms with Crippen LogP contribution in [-0.2, 0) is 12.6 Å². The molecule has 0 radical (unpaired) electrons. The van der Waals surface area contributed by atoms with Gasteiger partial charge in [-0.25, -0.2) is 0 Å². The van der Waals surface area contributed by atoms with Crippen LogP contribution in [0.4, 0.5) is 13.2 Å². The van der Waals surface area contributed by atoms with Gasteiger partial charge in [-0.2, -0.15) is 13.2 Å². The number of benzene rings is 1. The average molecular weight is 230 g/mol. The first-order valence-electron chi connectivity index (χ1n) is 5.59. The smallest absolute Gasteiger partial charge is 0.166 e. The van der Waals surface area contributed by atoms with Gasteiger partial charge in [-0.05, 0) is 24.0 Å². The first-order chi connectivity index (χ1) is 7.43. The average Bonchev–Trinajstić information content (AvgIpc) is 2.17. The number of hydrogen-bond acceptors (Lipinski definition) is 0. The number of halogens is 3. The normalized spacial score (nSPS) is 13.8. The molecule has 90 valence electrons. The third-order valence-electron chi connectivity index (χ3n) is 2.62. The van der Waals surface area contributed by atoms with Crippen molar-refractivity contribution in [2.45, 2.75) is 39.3 Å². The van der Waals surface area contributed by atoms with Crippen LogP contribution < -0.4 is 0 Å². The van der Waals surface area contributed by atoms with Crippen molar-refractivity contribution in [1.29, 1.82) is 0 Å². The predicted molar refractivity (Wildman–Crippen MR) is 59.2 cm³/mol. The van der Waals surface area contributed by atoms with Crippen molar-refractivity contribution in [2.75, 3.05) is 0 Å². The van der Waals surface area contributed by atoms with Crippen LogP contribution in [0.1, 0.15) is 37.8 Å². The quantitative estimate of drug-likeness (QED) is 0.704. The molecule has 0 saturated heterocycles. The van der Waals surface area contributed by atoms with E-state index in [0.29, 0.717) is 5.92 Å². The zero-order valence-electron chi connectivity index (χ0n) is 9.64. The summed E-state index contributed by atoms with van der Waals surface area (Å²) >= 11 is 0. The lowest BCUT2D eigenvalue weighted by Crippen LogP contribution is -2.06. The number of alkyl halides is 3. The summed E-state index contributed by atoms with van der Waals surface area (Å²) in [6, 6.07) is 5.62. The van der Waals surface area contributed by atoms with Crippen LogP contribution in [0, 0.1) is 5.92 Å². The van der Waals surface area contributed by atoms with E-state index < -0.39 is 11.7 Å². The Balaban J connectivity index is 2.75. The Morgan fingerprint density at radius 3 is 2.50 bits per heavy atom. The van der Waals surface area contributed by atoms with Crippen molar-refractivity contribution >= 4 is 0 Å². The molecular formula is C13H17F3. The summed E-state index contributed by atoms with van der Waals surface area (Å²) in [6.07, 6.45) is -1.39. The first-order valence-corrected chi connectivity index (χ1v) is 5.59. The molecule has 0 spiro atoms. The van der Waals surface area contributed by atoms with Crippen molar-refractivity contribution in [1.82, 2.24) is 0 Å². The van der Waals surface area contributed by atoms with E-state index in [2.05, 4.69) is 13.8 Å². The Labute approximate surface area is 94.5 Å². The van der Waals surface area contributed by atoms with Crippen LogP contribution in [0.3, 0.4) is 0 Å². The highest BCUT2D eigenvalue weighted by Gasteiger charge is 2.30. The van der Waals surface area contributed by atoms with Gasteiger partial charge in [0.1, 0.15) is 0 Å². The van der Waals surface area contributed by atoms with Crippen molar-refractivity contribution in [3.8, 4) is 0 Å². The Hall–Kier alpha value is -0.990. The highest BCUT2D eigenvalue weighted by atomic mass is 19.4. The summed E-state index contributed by atoms with van der Waals surface area (Å²) in [7, 11) is 0. The van der Waals surface area contributed by atoms with Gasteiger partial charge in [-0.1, -0.05) is 44.9 Å². The molecule has 16 heavy (non-hydrogen) atoms. The fourth-order valence-corrected chi connectivity index (χ4v) is 1.87. The molecule has 0 N–H and O–H groups in total. The van der Waals surface area contributed by atoms with Gasteiger partial charge in [-0.15, -0.1) is 0 Å². The van der Waals surface area contributed by atoms with Gasteiger partial charge in [0.25, 0.3) is 0 Å². The molecule has 1 aromatic carbocycles. The Morgan fingerprint density at radius 1 is 1.25 bits per heavy atom. The maximum atomic E-state index is 12.5. The van der Waals surface area contributed by atoms with Gasteiger partial charge in [0, 0.05) is 0 Å². The molecule has 1 atom stereocenters. The Bertz CT molecular complexity index is 328. The second kappa shape index (κ2) is 5.37. The van der Waals surface area contributed by atoms with Crippen LogP contribution in [0.25, 0.3) is 0 Å². The minimum absolute atomic E-state index is 0.438. The molecule has 0 bridgehead atoms. The lowest BCUT2D eigenvalue weighted by molar-refractivity contribution is -0.137. The zero-order chi connectivity index (χ0) is 12.2. The lowest BCUT2D eigenvalue weighted by atomic mass is 9.96. The zero-order valence-corrected chi connectivity index (χ0v) is 9.64. The van der Waals surface area contributed by atoms with E-state index in [1.807, 2.05) is 0 Å². The van der Waals surface area contributed by atoms with Crippen molar-refractivity contribution in [3.05, 3.63) is 35.4 Å². The first kappa shape index (κ1) is 13.1. The molecule has 1 rings (SSSR count). The van der Waals surface area contributed by atoms with Gasteiger partial charge in [-0.3, -0.25) is 0 Å². The van der Waals surface area contributed by atoms with E-state index in [1.54, 1.807) is 6.07 Å². The van der Waals surface area contributed by atoms with Crippen LogP contribution in [0.5, 0.6) is 0 Å². The minimum Gasteiger partial charge on any atom is -0.166 e. The molecule has 0 nitrogen and oxygen atoms in total. The van der Waals surface area contributed by atoms with Gasteiger partial charge < -0.3 is 0 Å². The maximum Gasteiger partial charge on any atom is 0.416 e. The summed E-state index contributed by atoms with van der Waals surface area (Å²) in [5.41, 5.74) is 0.226. The SMILES string of the molecule is CCCC(C)Cc1cccc(C(F)(F)F)c1. The van der Waals surface area contributed by atoms with Gasteiger partial charge in [0.05, 0.1) is 5.56 Å². The summed E-state index contributed by atoms with van der Waals surface area (Å²) < 4.78 is 37.4. The van der Waals surface area contributed by atoms with Gasteiger partial charge in [0.2, 0.25) is 0 Å².